The van der Waals surface area contributed by atoms with Crippen molar-refractivity contribution in [1.29, 1.82) is 0 Å². The fourth-order valence-corrected chi connectivity index (χ4v) is 6.82. The Bertz CT molecular complexity index is 780. The van der Waals surface area contributed by atoms with Gasteiger partial charge in [-0.3, -0.25) is 0 Å². The molecule has 3 rings (SSSR count). The second-order valence-corrected chi connectivity index (χ2v) is 10.1. The van der Waals surface area contributed by atoms with Gasteiger partial charge in [-0.15, -0.1) is 0 Å². The zero-order valence-corrected chi connectivity index (χ0v) is 13.8. The Morgan fingerprint density at radius 1 is 1.27 bits per heavy atom. The standard InChI is InChI=1S/C14H18FNO4S2/c1-10-3-2-4-12(15)14(10)22(19,20)16-7-8-21(17,18)9-13(16)11-5-6-11/h2-4,11,13H,5-9H2,1H3. The zero-order valence-electron chi connectivity index (χ0n) is 12.2. The molecule has 1 aliphatic heterocycles. The lowest BCUT2D eigenvalue weighted by Crippen LogP contribution is -2.52. The van der Waals surface area contributed by atoms with Gasteiger partial charge in [-0.25, -0.2) is 21.2 Å². The molecule has 0 amide bonds. The molecule has 0 bridgehead atoms. The van der Waals surface area contributed by atoms with Gasteiger partial charge in [0, 0.05) is 12.6 Å². The molecule has 1 saturated carbocycles. The van der Waals surface area contributed by atoms with Gasteiger partial charge >= 0.3 is 0 Å². The van der Waals surface area contributed by atoms with Crippen molar-refractivity contribution in [3.05, 3.63) is 29.6 Å². The van der Waals surface area contributed by atoms with Gasteiger partial charge in [0.05, 0.1) is 11.5 Å². The first-order valence-electron chi connectivity index (χ1n) is 7.20. The minimum Gasteiger partial charge on any atom is -0.229 e. The van der Waals surface area contributed by atoms with Gasteiger partial charge in [-0.05, 0) is 37.3 Å². The highest BCUT2D eigenvalue weighted by atomic mass is 32.2. The highest BCUT2D eigenvalue weighted by Crippen LogP contribution is 2.40. The third kappa shape index (κ3) is 2.79. The normalized spacial score (nSPS) is 26.0. The van der Waals surface area contributed by atoms with Crippen LogP contribution in [-0.4, -0.2) is 45.2 Å². The first-order chi connectivity index (χ1) is 10.2. The van der Waals surface area contributed by atoms with Gasteiger partial charge in [0.2, 0.25) is 10.0 Å². The largest absolute Gasteiger partial charge is 0.246 e. The van der Waals surface area contributed by atoms with E-state index in [1.54, 1.807) is 13.0 Å². The predicted octanol–water partition coefficient (Wildman–Crippen LogP) is 1.33. The van der Waals surface area contributed by atoms with Gasteiger partial charge in [-0.2, -0.15) is 4.31 Å². The van der Waals surface area contributed by atoms with Crippen molar-refractivity contribution in [3.8, 4) is 0 Å². The first-order valence-corrected chi connectivity index (χ1v) is 10.5. The quantitative estimate of drug-likeness (QED) is 0.827. The van der Waals surface area contributed by atoms with Gasteiger partial charge in [0.1, 0.15) is 10.7 Å². The van der Waals surface area contributed by atoms with E-state index in [1.807, 2.05) is 0 Å². The molecule has 22 heavy (non-hydrogen) atoms. The number of hydrogen-bond acceptors (Lipinski definition) is 4. The number of aryl methyl sites for hydroxylation is 1. The van der Waals surface area contributed by atoms with Crippen LogP contribution in [0.2, 0.25) is 0 Å². The summed E-state index contributed by atoms with van der Waals surface area (Å²) in [6.45, 7) is 1.45. The van der Waals surface area contributed by atoms with Crippen molar-refractivity contribution in [2.75, 3.05) is 18.1 Å². The Morgan fingerprint density at radius 3 is 2.55 bits per heavy atom. The summed E-state index contributed by atoms with van der Waals surface area (Å²) in [7, 11) is -7.27. The molecule has 2 fully saturated rings. The highest BCUT2D eigenvalue weighted by Gasteiger charge is 2.46. The summed E-state index contributed by atoms with van der Waals surface area (Å²) in [5, 5.41) is 0. The van der Waals surface area contributed by atoms with Crippen molar-refractivity contribution in [2.45, 2.75) is 30.7 Å². The number of nitrogens with zero attached hydrogens (tertiary/aromatic N) is 1. The second kappa shape index (κ2) is 5.28. The van der Waals surface area contributed by atoms with Crippen molar-refractivity contribution < 1.29 is 21.2 Å². The Balaban J connectivity index is 2.04. The van der Waals surface area contributed by atoms with E-state index in [4.69, 9.17) is 0 Å². The minimum absolute atomic E-state index is 0.0666. The van der Waals surface area contributed by atoms with Gasteiger partial charge in [0.25, 0.3) is 0 Å². The van der Waals surface area contributed by atoms with E-state index in [-0.39, 0.29) is 28.9 Å². The zero-order chi connectivity index (χ0) is 16.1. The van der Waals surface area contributed by atoms with Gasteiger partial charge < -0.3 is 0 Å². The smallest absolute Gasteiger partial charge is 0.229 e. The summed E-state index contributed by atoms with van der Waals surface area (Å²) in [5.41, 5.74) is 0.336. The van der Waals surface area contributed by atoms with Crippen LogP contribution < -0.4 is 0 Å². The molecule has 122 valence electrons. The summed E-state index contributed by atoms with van der Waals surface area (Å²) in [4.78, 5) is -0.333. The molecule has 5 nitrogen and oxygen atoms in total. The lowest BCUT2D eigenvalue weighted by molar-refractivity contribution is 0.310. The first kappa shape index (κ1) is 15.9. The molecule has 1 heterocycles. The van der Waals surface area contributed by atoms with Crippen LogP contribution in [0.5, 0.6) is 0 Å². The number of halogens is 1. The third-order valence-corrected chi connectivity index (χ3v) is 8.07. The molecule has 0 radical (unpaired) electrons. The third-order valence-electron chi connectivity index (χ3n) is 4.31. The summed E-state index contributed by atoms with van der Waals surface area (Å²) in [6.07, 6.45) is 1.64. The number of rotatable bonds is 3. The van der Waals surface area contributed by atoms with Crippen LogP contribution in [0, 0.1) is 18.7 Å². The van der Waals surface area contributed by atoms with Crippen LogP contribution in [0.25, 0.3) is 0 Å². The summed E-state index contributed by atoms with van der Waals surface area (Å²) < 4.78 is 64.7. The Kier molecular flexibility index (Phi) is 3.81. The molecular formula is C14H18FNO4S2. The van der Waals surface area contributed by atoms with Crippen molar-refractivity contribution in [2.24, 2.45) is 5.92 Å². The molecule has 8 heteroatoms. The van der Waals surface area contributed by atoms with E-state index in [0.29, 0.717) is 5.56 Å². The second-order valence-electron chi connectivity index (χ2n) is 6.02. The van der Waals surface area contributed by atoms with Crippen LogP contribution in [0.15, 0.2) is 23.1 Å². The number of sulfonamides is 1. The molecule has 1 aromatic carbocycles. The van der Waals surface area contributed by atoms with E-state index in [0.717, 1.165) is 18.9 Å². The lowest BCUT2D eigenvalue weighted by Gasteiger charge is -2.35. The predicted molar refractivity (Wildman–Crippen MR) is 80.2 cm³/mol. The van der Waals surface area contributed by atoms with Crippen LogP contribution in [0.4, 0.5) is 4.39 Å². The fraction of sp³-hybridized carbons (Fsp3) is 0.571. The number of benzene rings is 1. The van der Waals surface area contributed by atoms with Crippen LogP contribution in [0.1, 0.15) is 18.4 Å². The fourth-order valence-electron chi connectivity index (χ4n) is 3.03. The van der Waals surface area contributed by atoms with E-state index < -0.39 is 31.7 Å². The van der Waals surface area contributed by atoms with Gasteiger partial charge in [0.15, 0.2) is 9.84 Å². The average molecular weight is 347 g/mol. The lowest BCUT2D eigenvalue weighted by atomic mass is 10.2. The summed E-state index contributed by atoms with van der Waals surface area (Å²) in [5.74, 6) is -1.09. The molecule has 1 atom stereocenters. The van der Waals surface area contributed by atoms with Crippen molar-refractivity contribution in [1.82, 2.24) is 4.31 Å². The Morgan fingerprint density at radius 2 is 1.95 bits per heavy atom. The average Bonchev–Trinajstić information content (AvgIpc) is 3.20. The number of hydrogen-bond donors (Lipinski definition) is 0. The maximum Gasteiger partial charge on any atom is 0.246 e. The molecule has 2 aliphatic rings. The maximum absolute atomic E-state index is 14.1. The molecule has 0 N–H and O–H groups in total. The molecule has 1 saturated heterocycles. The minimum atomic E-state index is -4.03. The van der Waals surface area contributed by atoms with Crippen molar-refractivity contribution in [3.63, 3.8) is 0 Å². The van der Waals surface area contributed by atoms with Crippen molar-refractivity contribution >= 4 is 19.9 Å². The summed E-state index contributed by atoms with van der Waals surface area (Å²) >= 11 is 0. The summed E-state index contributed by atoms with van der Waals surface area (Å²) in [6, 6.07) is 3.56. The molecule has 0 aromatic heterocycles. The molecule has 1 aliphatic carbocycles. The van der Waals surface area contributed by atoms with E-state index in [9.17, 15) is 21.2 Å². The van der Waals surface area contributed by atoms with Crippen LogP contribution >= 0.6 is 0 Å². The van der Waals surface area contributed by atoms with Gasteiger partial charge in [-0.1, -0.05) is 12.1 Å². The Labute approximate surface area is 130 Å². The molecule has 1 unspecified atom stereocenters. The number of sulfone groups is 1. The monoisotopic (exact) mass is 347 g/mol. The van der Waals surface area contributed by atoms with Crippen LogP contribution in [-0.2, 0) is 19.9 Å². The van der Waals surface area contributed by atoms with E-state index in [1.165, 1.54) is 10.4 Å². The van der Waals surface area contributed by atoms with Crippen LogP contribution in [0.3, 0.4) is 0 Å². The highest BCUT2D eigenvalue weighted by molar-refractivity contribution is 7.92. The molecule has 1 aromatic rings. The Hall–Kier alpha value is -0.990. The molecule has 0 spiro atoms. The van der Waals surface area contributed by atoms with E-state index >= 15 is 0 Å². The molecular weight excluding hydrogens is 329 g/mol. The van der Waals surface area contributed by atoms with E-state index in [2.05, 4.69) is 0 Å². The SMILES string of the molecule is Cc1cccc(F)c1S(=O)(=O)N1CCS(=O)(=O)CC1C1CC1. The topological polar surface area (TPSA) is 71.5 Å². The maximum atomic E-state index is 14.1.